The predicted molar refractivity (Wildman–Crippen MR) is 74.6 cm³/mol. The number of hydrogen-bond acceptors (Lipinski definition) is 5. The fourth-order valence-electron chi connectivity index (χ4n) is 2.94. The maximum absolute atomic E-state index is 11.3. The monoisotopic (exact) mass is 277 g/mol. The third-order valence-corrected chi connectivity index (χ3v) is 4.16. The van der Waals surface area contributed by atoms with Crippen molar-refractivity contribution in [1.29, 1.82) is 0 Å². The molecule has 0 aromatic carbocycles. The minimum absolute atomic E-state index is 0.258. The van der Waals surface area contributed by atoms with Crippen LogP contribution in [0.15, 0.2) is 17.2 Å². The van der Waals surface area contributed by atoms with Gasteiger partial charge in [-0.05, 0) is 24.7 Å². The van der Waals surface area contributed by atoms with Crippen molar-refractivity contribution in [3.63, 3.8) is 0 Å². The Morgan fingerprint density at radius 3 is 3.00 bits per heavy atom. The summed E-state index contributed by atoms with van der Waals surface area (Å²) >= 11 is 0. The maximum atomic E-state index is 11.3. The summed E-state index contributed by atoms with van der Waals surface area (Å²) in [5.41, 5.74) is 0.265. The van der Waals surface area contributed by atoms with Crippen LogP contribution in [0.5, 0.6) is 0 Å². The first-order valence-electron chi connectivity index (χ1n) is 7.05. The molecule has 3 rings (SSSR count). The zero-order valence-electron chi connectivity index (χ0n) is 11.2. The number of nitrogens with zero attached hydrogens (tertiary/aromatic N) is 3. The number of nitrogens with one attached hydrogen (secondary N) is 2. The van der Waals surface area contributed by atoms with Crippen LogP contribution in [-0.4, -0.2) is 37.8 Å². The lowest BCUT2D eigenvalue weighted by molar-refractivity contribution is 0.141. The van der Waals surface area contributed by atoms with Crippen molar-refractivity contribution in [3.05, 3.63) is 22.9 Å². The molecule has 0 aliphatic heterocycles. The number of aliphatic hydroxyl groups is 1. The molecule has 1 fully saturated rings. The molecule has 2 aromatic rings. The molecule has 108 valence electrons. The Morgan fingerprint density at radius 1 is 1.40 bits per heavy atom. The van der Waals surface area contributed by atoms with Crippen LogP contribution in [0.25, 0.3) is 5.65 Å². The van der Waals surface area contributed by atoms with Gasteiger partial charge in [0, 0.05) is 19.2 Å². The third-order valence-electron chi connectivity index (χ3n) is 4.16. The molecule has 2 atom stereocenters. The average molecular weight is 277 g/mol. The summed E-state index contributed by atoms with van der Waals surface area (Å²) in [5, 5.41) is 19.0. The number of aliphatic hydroxyl groups excluding tert-OH is 1. The van der Waals surface area contributed by atoms with E-state index in [4.69, 9.17) is 0 Å². The number of rotatable bonds is 4. The lowest BCUT2D eigenvalue weighted by atomic mass is 9.79. The number of H-pyrrole nitrogens is 1. The van der Waals surface area contributed by atoms with Crippen LogP contribution in [-0.2, 0) is 0 Å². The number of aromatic nitrogens is 4. The van der Waals surface area contributed by atoms with Crippen LogP contribution in [0.3, 0.4) is 0 Å². The molecule has 1 aliphatic rings. The van der Waals surface area contributed by atoms with Gasteiger partial charge in [0.15, 0.2) is 5.65 Å². The van der Waals surface area contributed by atoms with Gasteiger partial charge in [0.25, 0.3) is 0 Å². The lowest BCUT2D eigenvalue weighted by Crippen LogP contribution is -2.28. The van der Waals surface area contributed by atoms with Gasteiger partial charge in [-0.25, -0.2) is 19.3 Å². The smallest absolute Gasteiger partial charge is 0.348 e. The van der Waals surface area contributed by atoms with E-state index in [9.17, 15) is 9.90 Å². The number of hydrogen-bond donors (Lipinski definition) is 3. The van der Waals surface area contributed by atoms with E-state index in [0.29, 0.717) is 23.3 Å². The van der Waals surface area contributed by atoms with Crippen molar-refractivity contribution in [2.45, 2.75) is 25.7 Å². The lowest BCUT2D eigenvalue weighted by Gasteiger charge is -2.30. The molecule has 1 aliphatic carbocycles. The topological polar surface area (TPSA) is 95.3 Å². The van der Waals surface area contributed by atoms with E-state index in [2.05, 4.69) is 20.5 Å². The van der Waals surface area contributed by atoms with E-state index in [1.54, 1.807) is 6.07 Å². The Kier molecular flexibility index (Phi) is 3.68. The molecule has 2 unspecified atom stereocenters. The number of anilines is 1. The van der Waals surface area contributed by atoms with Crippen molar-refractivity contribution in [2.24, 2.45) is 11.8 Å². The van der Waals surface area contributed by atoms with Crippen molar-refractivity contribution >= 4 is 11.5 Å². The first-order chi connectivity index (χ1) is 9.78. The van der Waals surface area contributed by atoms with E-state index in [1.165, 1.54) is 23.6 Å². The Bertz CT molecular complexity index is 635. The van der Waals surface area contributed by atoms with Crippen LogP contribution >= 0.6 is 0 Å². The second-order valence-electron chi connectivity index (χ2n) is 5.40. The summed E-state index contributed by atoms with van der Waals surface area (Å²) in [6, 6.07) is 1.74. The molecule has 1 saturated carbocycles. The predicted octanol–water partition coefficient (Wildman–Crippen LogP) is 0.628. The second kappa shape index (κ2) is 5.62. The molecule has 7 nitrogen and oxygen atoms in total. The molecule has 2 heterocycles. The number of fused-ring (bicyclic) bond motifs is 1. The SMILES string of the molecule is O=c1[nH]nc2cc(NCC3CCCCC3CO)ncn12. The highest BCUT2D eigenvalue weighted by Gasteiger charge is 2.24. The van der Waals surface area contributed by atoms with Gasteiger partial charge in [0.1, 0.15) is 12.1 Å². The van der Waals surface area contributed by atoms with Crippen molar-refractivity contribution in [3.8, 4) is 0 Å². The molecule has 0 saturated heterocycles. The third kappa shape index (κ3) is 2.53. The Morgan fingerprint density at radius 2 is 2.20 bits per heavy atom. The van der Waals surface area contributed by atoms with Crippen LogP contribution in [0.1, 0.15) is 25.7 Å². The first kappa shape index (κ1) is 13.1. The average Bonchev–Trinajstić information content (AvgIpc) is 2.86. The van der Waals surface area contributed by atoms with Crippen molar-refractivity contribution < 1.29 is 5.11 Å². The van der Waals surface area contributed by atoms with Crippen LogP contribution in [0.2, 0.25) is 0 Å². The first-order valence-corrected chi connectivity index (χ1v) is 7.05. The number of aromatic amines is 1. The highest BCUT2D eigenvalue weighted by molar-refractivity contribution is 5.48. The van der Waals surface area contributed by atoms with Crippen LogP contribution < -0.4 is 11.0 Å². The minimum atomic E-state index is -0.285. The molecule has 0 radical (unpaired) electrons. The summed E-state index contributed by atoms with van der Waals surface area (Å²) in [6.07, 6.45) is 6.15. The van der Waals surface area contributed by atoms with E-state index in [-0.39, 0.29) is 12.3 Å². The summed E-state index contributed by atoms with van der Waals surface area (Å²) in [5.74, 6) is 1.57. The second-order valence-corrected chi connectivity index (χ2v) is 5.40. The largest absolute Gasteiger partial charge is 0.396 e. The van der Waals surface area contributed by atoms with Gasteiger partial charge < -0.3 is 10.4 Å². The Hall–Kier alpha value is -1.89. The Balaban J connectivity index is 1.68. The summed E-state index contributed by atoms with van der Waals surface area (Å²) in [6.45, 7) is 1.05. The van der Waals surface area contributed by atoms with Gasteiger partial charge in [-0.2, -0.15) is 5.10 Å². The van der Waals surface area contributed by atoms with Gasteiger partial charge in [-0.3, -0.25) is 0 Å². The van der Waals surface area contributed by atoms with Gasteiger partial charge in [-0.15, -0.1) is 0 Å². The molecular weight excluding hydrogens is 258 g/mol. The van der Waals surface area contributed by atoms with E-state index in [1.807, 2.05) is 0 Å². The van der Waals surface area contributed by atoms with Gasteiger partial charge in [0.2, 0.25) is 0 Å². The molecule has 0 amide bonds. The molecule has 0 bridgehead atoms. The molecule has 3 N–H and O–H groups in total. The fourth-order valence-corrected chi connectivity index (χ4v) is 2.94. The van der Waals surface area contributed by atoms with E-state index < -0.39 is 0 Å². The van der Waals surface area contributed by atoms with Crippen molar-refractivity contribution in [2.75, 3.05) is 18.5 Å². The summed E-state index contributed by atoms with van der Waals surface area (Å²) in [7, 11) is 0. The normalized spacial score (nSPS) is 23.1. The minimum Gasteiger partial charge on any atom is -0.396 e. The highest BCUT2D eigenvalue weighted by Crippen LogP contribution is 2.29. The molecule has 2 aromatic heterocycles. The molecule has 7 heteroatoms. The zero-order valence-corrected chi connectivity index (χ0v) is 11.2. The quantitative estimate of drug-likeness (QED) is 0.762. The van der Waals surface area contributed by atoms with Gasteiger partial charge in [-0.1, -0.05) is 12.8 Å². The standard InChI is InChI=1S/C13H19N5O2/c19-7-10-4-2-1-3-9(10)6-14-11-5-12-16-17-13(20)18(12)8-15-11/h5,8-10,14,19H,1-4,6-7H2,(H,17,20). The molecular formula is C13H19N5O2. The molecule has 0 spiro atoms. The zero-order chi connectivity index (χ0) is 13.9. The fraction of sp³-hybridized carbons (Fsp3) is 0.615. The van der Waals surface area contributed by atoms with E-state index in [0.717, 1.165) is 19.4 Å². The van der Waals surface area contributed by atoms with Crippen molar-refractivity contribution in [1.82, 2.24) is 19.6 Å². The van der Waals surface area contributed by atoms with Gasteiger partial charge >= 0.3 is 5.69 Å². The van der Waals surface area contributed by atoms with Crippen LogP contribution in [0, 0.1) is 11.8 Å². The highest BCUT2D eigenvalue weighted by atomic mass is 16.3. The summed E-state index contributed by atoms with van der Waals surface area (Å²) < 4.78 is 1.36. The molecule has 20 heavy (non-hydrogen) atoms. The van der Waals surface area contributed by atoms with Gasteiger partial charge in [0.05, 0.1) is 0 Å². The Labute approximate surface area is 116 Å². The maximum Gasteiger partial charge on any atom is 0.348 e. The van der Waals surface area contributed by atoms with E-state index >= 15 is 0 Å². The summed E-state index contributed by atoms with van der Waals surface area (Å²) in [4.78, 5) is 15.5. The van der Waals surface area contributed by atoms with Crippen LogP contribution in [0.4, 0.5) is 5.82 Å².